The number of aromatic nitrogens is 3. The Kier molecular flexibility index (Phi) is 4.09. The molecule has 0 aliphatic carbocycles. The molecular formula is C15H21N3O2. The minimum atomic E-state index is -0.477. The largest absolute Gasteiger partial charge is 0.496 e. The van der Waals surface area contributed by atoms with Crippen LogP contribution in [0.2, 0.25) is 0 Å². The van der Waals surface area contributed by atoms with E-state index >= 15 is 0 Å². The van der Waals surface area contributed by atoms with E-state index < -0.39 is 6.10 Å². The van der Waals surface area contributed by atoms with Crippen LogP contribution in [0, 0.1) is 5.41 Å². The van der Waals surface area contributed by atoms with Crippen LogP contribution in [-0.2, 0) is 6.54 Å². The maximum atomic E-state index is 10.1. The summed E-state index contributed by atoms with van der Waals surface area (Å²) in [5.41, 5.74) is 1.45. The van der Waals surface area contributed by atoms with E-state index in [1.807, 2.05) is 51.2 Å². The molecule has 0 radical (unpaired) electrons. The summed E-state index contributed by atoms with van der Waals surface area (Å²) in [5, 5.41) is 18.3. The number of ether oxygens (including phenoxy) is 1. The Hall–Kier alpha value is -1.88. The number of benzene rings is 1. The van der Waals surface area contributed by atoms with Gasteiger partial charge in [-0.25, -0.2) is 4.68 Å². The van der Waals surface area contributed by atoms with Crippen molar-refractivity contribution in [2.45, 2.75) is 33.4 Å². The van der Waals surface area contributed by atoms with E-state index in [1.165, 1.54) is 0 Å². The molecule has 2 rings (SSSR count). The molecule has 20 heavy (non-hydrogen) atoms. The quantitative estimate of drug-likeness (QED) is 0.930. The number of methoxy groups -OCH3 is 1. The SMILES string of the molecule is COc1ccccc1-c1cn(CC(O)C(C)(C)C)nn1. The molecule has 5 heteroatoms. The molecule has 108 valence electrons. The zero-order chi connectivity index (χ0) is 14.8. The molecular weight excluding hydrogens is 254 g/mol. The van der Waals surface area contributed by atoms with E-state index in [2.05, 4.69) is 10.3 Å². The zero-order valence-corrected chi connectivity index (χ0v) is 12.4. The number of hydrogen-bond acceptors (Lipinski definition) is 4. The van der Waals surface area contributed by atoms with Gasteiger partial charge in [0.2, 0.25) is 0 Å². The number of hydrogen-bond donors (Lipinski definition) is 1. The van der Waals surface area contributed by atoms with Gasteiger partial charge in [-0.15, -0.1) is 5.10 Å². The highest BCUT2D eigenvalue weighted by Gasteiger charge is 2.23. The number of aliphatic hydroxyl groups excluding tert-OH is 1. The Morgan fingerprint density at radius 3 is 2.65 bits per heavy atom. The van der Waals surface area contributed by atoms with Gasteiger partial charge >= 0.3 is 0 Å². The summed E-state index contributed by atoms with van der Waals surface area (Å²) >= 11 is 0. The molecule has 0 fully saturated rings. The van der Waals surface area contributed by atoms with Gasteiger partial charge in [-0.2, -0.15) is 0 Å². The molecule has 0 saturated heterocycles. The molecule has 2 aromatic rings. The van der Waals surface area contributed by atoms with Crippen LogP contribution in [0.1, 0.15) is 20.8 Å². The summed E-state index contributed by atoms with van der Waals surface area (Å²) in [6, 6.07) is 7.67. The monoisotopic (exact) mass is 275 g/mol. The molecule has 1 unspecified atom stereocenters. The van der Waals surface area contributed by atoms with Crippen molar-refractivity contribution in [2.24, 2.45) is 5.41 Å². The van der Waals surface area contributed by atoms with Gasteiger partial charge in [0.15, 0.2) is 0 Å². The average molecular weight is 275 g/mol. The number of para-hydroxylation sites is 1. The van der Waals surface area contributed by atoms with Crippen LogP contribution >= 0.6 is 0 Å². The fourth-order valence-corrected chi connectivity index (χ4v) is 1.82. The average Bonchev–Trinajstić information content (AvgIpc) is 2.86. The molecule has 5 nitrogen and oxygen atoms in total. The molecule has 0 amide bonds. The highest BCUT2D eigenvalue weighted by atomic mass is 16.5. The fraction of sp³-hybridized carbons (Fsp3) is 0.467. The van der Waals surface area contributed by atoms with Crippen molar-refractivity contribution in [3.8, 4) is 17.0 Å². The van der Waals surface area contributed by atoms with Gasteiger partial charge in [0.1, 0.15) is 11.4 Å². The number of nitrogens with zero attached hydrogens (tertiary/aromatic N) is 3. The van der Waals surface area contributed by atoms with Gasteiger partial charge in [-0.1, -0.05) is 38.1 Å². The van der Waals surface area contributed by atoms with Gasteiger partial charge in [0.05, 0.1) is 26.0 Å². The fourth-order valence-electron chi connectivity index (χ4n) is 1.82. The lowest BCUT2D eigenvalue weighted by atomic mass is 9.89. The second-order valence-corrected chi connectivity index (χ2v) is 5.91. The first-order chi connectivity index (χ1) is 9.41. The second-order valence-electron chi connectivity index (χ2n) is 5.91. The predicted octanol–water partition coefficient (Wildman–Crippen LogP) is 2.36. The first-order valence-electron chi connectivity index (χ1n) is 6.63. The number of rotatable bonds is 4. The first-order valence-corrected chi connectivity index (χ1v) is 6.63. The molecule has 0 saturated carbocycles. The van der Waals surface area contributed by atoms with Gasteiger partial charge < -0.3 is 9.84 Å². The van der Waals surface area contributed by atoms with Crippen molar-refractivity contribution in [2.75, 3.05) is 7.11 Å². The van der Waals surface area contributed by atoms with E-state index in [4.69, 9.17) is 4.74 Å². The summed E-state index contributed by atoms with van der Waals surface area (Å²) in [6.07, 6.45) is 1.35. The van der Waals surface area contributed by atoms with Crippen LogP contribution < -0.4 is 4.74 Å². The Bertz CT molecular complexity index is 572. The first kappa shape index (κ1) is 14.5. The minimum Gasteiger partial charge on any atom is -0.496 e. The maximum Gasteiger partial charge on any atom is 0.128 e. The summed E-state index contributed by atoms with van der Waals surface area (Å²) in [5.74, 6) is 0.760. The molecule has 0 spiro atoms. The summed E-state index contributed by atoms with van der Waals surface area (Å²) in [7, 11) is 1.63. The molecule has 1 heterocycles. The van der Waals surface area contributed by atoms with Crippen LogP contribution in [0.5, 0.6) is 5.75 Å². The lowest BCUT2D eigenvalue weighted by Crippen LogP contribution is -2.30. The van der Waals surface area contributed by atoms with Crippen LogP contribution in [0.3, 0.4) is 0 Å². The van der Waals surface area contributed by atoms with Crippen LogP contribution in [0.4, 0.5) is 0 Å². The Labute approximate surface area is 119 Å². The van der Waals surface area contributed by atoms with E-state index in [9.17, 15) is 5.11 Å². The topological polar surface area (TPSA) is 60.2 Å². The summed E-state index contributed by atoms with van der Waals surface area (Å²) in [6.45, 7) is 6.41. The zero-order valence-electron chi connectivity index (χ0n) is 12.4. The Morgan fingerprint density at radius 2 is 2.00 bits per heavy atom. The van der Waals surface area contributed by atoms with Crippen molar-refractivity contribution < 1.29 is 9.84 Å². The van der Waals surface area contributed by atoms with Gasteiger partial charge in [-0.05, 0) is 17.5 Å². The van der Waals surface area contributed by atoms with Crippen molar-refractivity contribution in [1.82, 2.24) is 15.0 Å². The molecule has 1 aromatic heterocycles. The number of aliphatic hydroxyl groups is 1. The van der Waals surface area contributed by atoms with Crippen LogP contribution in [0.15, 0.2) is 30.5 Å². The third-order valence-electron chi connectivity index (χ3n) is 3.28. The summed E-state index contributed by atoms with van der Waals surface area (Å²) in [4.78, 5) is 0. The van der Waals surface area contributed by atoms with E-state index in [0.717, 1.165) is 17.0 Å². The van der Waals surface area contributed by atoms with Crippen molar-refractivity contribution >= 4 is 0 Å². The Morgan fingerprint density at radius 1 is 1.30 bits per heavy atom. The molecule has 1 aromatic carbocycles. The third-order valence-corrected chi connectivity index (χ3v) is 3.28. The van der Waals surface area contributed by atoms with E-state index in [0.29, 0.717) is 6.54 Å². The molecule has 0 bridgehead atoms. The van der Waals surface area contributed by atoms with Gasteiger partial charge in [0.25, 0.3) is 0 Å². The second kappa shape index (κ2) is 5.63. The lowest BCUT2D eigenvalue weighted by molar-refractivity contribution is 0.0446. The predicted molar refractivity (Wildman–Crippen MR) is 77.5 cm³/mol. The van der Waals surface area contributed by atoms with Crippen LogP contribution in [0.25, 0.3) is 11.3 Å². The van der Waals surface area contributed by atoms with Crippen molar-refractivity contribution in [1.29, 1.82) is 0 Å². The van der Waals surface area contributed by atoms with Crippen molar-refractivity contribution in [3.05, 3.63) is 30.5 Å². The molecule has 0 aliphatic heterocycles. The molecule has 0 aliphatic rings. The molecule has 1 N–H and O–H groups in total. The van der Waals surface area contributed by atoms with E-state index in [1.54, 1.807) is 11.8 Å². The highest BCUT2D eigenvalue weighted by Crippen LogP contribution is 2.28. The standard InChI is InChI=1S/C15H21N3O2/c1-15(2,3)14(19)10-18-9-12(16-17-18)11-7-5-6-8-13(11)20-4/h5-9,14,19H,10H2,1-4H3. The van der Waals surface area contributed by atoms with Gasteiger partial charge in [0, 0.05) is 5.56 Å². The minimum absolute atomic E-state index is 0.184. The van der Waals surface area contributed by atoms with Crippen LogP contribution in [-0.4, -0.2) is 33.3 Å². The lowest BCUT2D eigenvalue weighted by Gasteiger charge is -2.25. The summed E-state index contributed by atoms with van der Waals surface area (Å²) < 4.78 is 6.98. The third kappa shape index (κ3) is 3.17. The normalized spacial score (nSPS) is 13.2. The van der Waals surface area contributed by atoms with E-state index in [-0.39, 0.29) is 5.41 Å². The van der Waals surface area contributed by atoms with Gasteiger partial charge in [-0.3, -0.25) is 0 Å². The highest BCUT2D eigenvalue weighted by molar-refractivity contribution is 5.65. The Balaban J connectivity index is 2.21. The maximum absolute atomic E-state index is 10.1. The molecule has 1 atom stereocenters. The van der Waals surface area contributed by atoms with Crippen molar-refractivity contribution in [3.63, 3.8) is 0 Å². The smallest absolute Gasteiger partial charge is 0.128 e.